The van der Waals surface area contributed by atoms with E-state index in [9.17, 15) is 0 Å². The number of furan rings is 1. The molecule has 0 saturated carbocycles. The SMILES string of the molecule is C#CCC(CC)NC(C)CCc1ccco1. The van der Waals surface area contributed by atoms with Crippen LogP contribution in [0, 0.1) is 12.3 Å². The Bertz CT molecular complexity index is 310. The Hall–Kier alpha value is -1.20. The van der Waals surface area contributed by atoms with Gasteiger partial charge in [0.25, 0.3) is 0 Å². The van der Waals surface area contributed by atoms with E-state index in [-0.39, 0.29) is 0 Å². The predicted octanol–water partition coefficient (Wildman–Crippen LogP) is 2.99. The summed E-state index contributed by atoms with van der Waals surface area (Å²) in [4.78, 5) is 0. The zero-order valence-corrected chi connectivity index (χ0v) is 10.2. The molecule has 0 aromatic carbocycles. The molecule has 0 amide bonds. The van der Waals surface area contributed by atoms with Crippen molar-refractivity contribution in [3.8, 4) is 12.3 Å². The first kappa shape index (κ1) is 12.9. The summed E-state index contributed by atoms with van der Waals surface area (Å²) >= 11 is 0. The van der Waals surface area contributed by atoms with Gasteiger partial charge in [-0.05, 0) is 31.9 Å². The topological polar surface area (TPSA) is 25.2 Å². The van der Waals surface area contributed by atoms with Gasteiger partial charge >= 0.3 is 0 Å². The molecule has 2 unspecified atom stereocenters. The summed E-state index contributed by atoms with van der Waals surface area (Å²) in [6.07, 6.45) is 11.0. The molecule has 0 fully saturated rings. The number of hydrogen-bond donors (Lipinski definition) is 1. The fourth-order valence-electron chi connectivity index (χ4n) is 1.76. The van der Waals surface area contributed by atoms with Crippen LogP contribution in [0.15, 0.2) is 22.8 Å². The molecular formula is C14H21NO. The molecule has 1 heterocycles. The largest absolute Gasteiger partial charge is 0.469 e. The van der Waals surface area contributed by atoms with E-state index in [1.807, 2.05) is 12.1 Å². The fourth-order valence-corrected chi connectivity index (χ4v) is 1.76. The first-order valence-corrected chi connectivity index (χ1v) is 5.98. The molecule has 2 nitrogen and oxygen atoms in total. The molecule has 0 saturated heterocycles. The van der Waals surface area contributed by atoms with Crippen LogP contribution in [0.1, 0.15) is 38.9 Å². The van der Waals surface area contributed by atoms with E-state index < -0.39 is 0 Å². The molecule has 88 valence electrons. The lowest BCUT2D eigenvalue weighted by Gasteiger charge is -2.20. The molecule has 0 spiro atoms. The van der Waals surface area contributed by atoms with E-state index in [0.717, 1.165) is 31.4 Å². The van der Waals surface area contributed by atoms with Crippen LogP contribution in [0.3, 0.4) is 0 Å². The minimum atomic E-state index is 0.441. The van der Waals surface area contributed by atoms with Crippen molar-refractivity contribution >= 4 is 0 Å². The van der Waals surface area contributed by atoms with Crippen LogP contribution in [-0.4, -0.2) is 12.1 Å². The van der Waals surface area contributed by atoms with Crippen LogP contribution in [0.2, 0.25) is 0 Å². The molecule has 1 N–H and O–H groups in total. The van der Waals surface area contributed by atoms with Gasteiger partial charge in [0.15, 0.2) is 0 Å². The van der Waals surface area contributed by atoms with E-state index in [2.05, 4.69) is 25.1 Å². The summed E-state index contributed by atoms with van der Waals surface area (Å²) in [7, 11) is 0. The normalized spacial score (nSPS) is 14.3. The molecule has 0 aliphatic rings. The van der Waals surface area contributed by atoms with E-state index in [0.29, 0.717) is 12.1 Å². The summed E-state index contributed by atoms with van der Waals surface area (Å²) < 4.78 is 5.30. The van der Waals surface area contributed by atoms with Crippen molar-refractivity contribution in [2.75, 3.05) is 0 Å². The van der Waals surface area contributed by atoms with Crippen molar-refractivity contribution in [3.05, 3.63) is 24.2 Å². The fraction of sp³-hybridized carbons (Fsp3) is 0.571. The maximum atomic E-state index is 5.33. The lowest BCUT2D eigenvalue weighted by Crippen LogP contribution is -2.36. The Labute approximate surface area is 98.4 Å². The highest BCUT2D eigenvalue weighted by Gasteiger charge is 2.09. The summed E-state index contributed by atoms with van der Waals surface area (Å²) in [5.74, 6) is 3.77. The molecule has 1 rings (SSSR count). The molecule has 0 radical (unpaired) electrons. The van der Waals surface area contributed by atoms with Gasteiger partial charge < -0.3 is 9.73 Å². The van der Waals surface area contributed by atoms with Gasteiger partial charge in [-0.2, -0.15) is 0 Å². The van der Waals surface area contributed by atoms with Crippen molar-refractivity contribution in [2.24, 2.45) is 0 Å². The van der Waals surface area contributed by atoms with Gasteiger partial charge in [0.2, 0.25) is 0 Å². The summed E-state index contributed by atoms with van der Waals surface area (Å²) in [6.45, 7) is 4.36. The maximum absolute atomic E-state index is 5.33. The highest BCUT2D eigenvalue weighted by molar-refractivity contribution is 4.98. The summed E-state index contributed by atoms with van der Waals surface area (Å²) in [5, 5.41) is 3.55. The second-order valence-corrected chi connectivity index (χ2v) is 4.20. The van der Waals surface area contributed by atoms with E-state index in [1.165, 1.54) is 0 Å². The number of rotatable bonds is 7. The van der Waals surface area contributed by atoms with Crippen LogP contribution in [-0.2, 0) is 6.42 Å². The zero-order chi connectivity index (χ0) is 11.8. The third kappa shape index (κ3) is 4.55. The first-order chi connectivity index (χ1) is 7.76. The van der Waals surface area contributed by atoms with Crippen LogP contribution in [0.25, 0.3) is 0 Å². The van der Waals surface area contributed by atoms with Gasteiger partial charge in [0, 0.05) is 24.9 Å². The molecule has 2 heteroatoms. The van der Waals surface area contributed by atoms with E-state index >= 15 is 0 Å². The zero-order valence-electron chi connectivity index (χ0n) is 10.2. The standard InChI is InChI=1S/C14H21NO/c1-4-7-13(5-2)15-12(3)9-10-14-8-6-11-16-14/h1,6,8,11-13,15H,5,7,9-10H2,2-3H3. The third-order valence-electron chi connectivity index (χ3n) is 2.78. The van der Waals surface area contributed by atoms with Gasteiger partial charge in [0.05, 0.1) is 6.26 Å². The molecule has 0 aliphatic carbocycles. The highest BCUT2D eigenvalue weighted by atomic mass is 16.3. The number of aryl methyl sites for hydroxylation is 1. The highest BCUT2D eigenvalue weighted by Crippen LogP contribution is 2.07. The Kier molecular flexibility index (Phi) is 5.74. The number of hydrogen-bond acceptors (Lipinski definition) is 2. The number of nitrogens with one attached hydrogen (secondary N) is 1. The molecule has 16 heavy (non-hydrogen) atoms. The van der Waals surface area contributed by atoms with Crippen molar-refractivity contribution in [2.45, 2.75) is 51.6 Å². The molecular weight excluding hydrogens is 198 g/mol. The van der Waals surface area contributed by atoms with Crippen LogP contribution < -0.4 is 5.32 Å². The van der Waals surface area contributed by atoms with Crippen molar-refractivity contribution in [1.29, 1.82) is 0 Å². The minimum Gasteiger partial charge on any atom is -0.469 e. The van der Waals surface area contributed by atoms with Crippen molar-refractivity contribution in [3.63, 3.8) is 0 Å². The molecule has 1 aromatic rings. The smallest absolute Gasteiger partial charge is 0.103 e. The lowest BCUT2D eigenvalue weighted by atomic mass is 10.1. The lowest BCUT2D eigenvalue weighted by molar-refractivity contribution is 0.407. The van der Waals surface area contributed by atoms with E-state index in [1.54, 1.807) is 6.26 Å². The molecule has 0 bridgehead atoms. The summed E-state index contributed by atoms with van der Waals surface area (Å²) in [5.41, 5.74) is 0. The van der Waals surface area contributed by atoms with Crippen LogP contribution in [0.4, 0.5) is 0 Å². The first-order valence-electron chi connectivity index (χ1n) is 5.98. The van der Waals surface area contributed by atoms with Gasteiger partial charge in [-0.3, -0.25) is 0 Å². The monoisotopic (exact) mass is 219 g/mol. The van der Waals surface area contributed by atoms with Crippen LogP contribution in [0.5, 0.6) is 0 Å². The Balaban J connectivity index is 2.24. The maximum Gasteiger partial charge on any atom is 0.103 e. The average molecular weight is 219 g/mol. The Morgan fingerprint density at radius 2 is 2.38 bits per heavy atom. The number of terminal acetylenes is 1. The second-order valence-electron chi connectivity index (χ2n) is 4.20. The average Bonchev–Trinajstić information content (AvgIpc) is 2.78. The van der Waals surface area contributed by atoms with Gasteiger partial charge in [0.1, 0.15) is 5.76 Å². The van der Waals surface area contributed by atoms with Crippen molar-refractivity contribution in [1.82, 2.24) is 5.32 Å². The van der Waals surface area contributed by atoms with Gasteiger partial charge in [-0.1, -0.05) is 6.92 Å². The van der Waals surface area contributed by atoms with Crippen molar-refractivity contribution < 1.29 is 4.42 Å². The molecule has 1 aromatic heterocycles. The quantitative estimate of drug-likeness (QED) is 0.713. The van der Waals surface area contributed by atoms with Gasteiger partial charge in [-0.15, -0.1) is 12.3 Å². The predicted molar refractivity (Wildman–Crippen MR) is 67.2 cm³/mol. The van der Waals surface area contributed by atoms with Gasteiger partial charge in [-0.25, -0.2) is 0 Å². The third-order valence-corrected chi connectivity index (χ3v) is 2.78. The van der Waals surface area contributed by atoms with Crippen LogP contribution >= 0.6 is 0 Å². The van der Waals surface area contributed by atoms with E-state index in [4.69, 9.17) is 10.8 Å². The Morgan fingerprint density at radius 3 is 2.94 bits per heavy atom. The molecule has 0 aliphatic heterocycles. The second kappa shape index (κ2) is 7.14. The Morgan fingerprint density at radius 1 is 1.56 bits per heavy atom. The molecule has 2 atom stereocenters. The summed E-state index contributed by atoms with van der Waals surface area (Å²) in [6, 6.07) is 4.87. The minimum absolute atomic E-state index is 0.441.